The van der Waals surface area contributed by atoms with Crippen molar-refractivity contribution in [1.29, 1.82) is 5.26 Å². The molecule has 3 fully saturated rings. The summed E-state index contributed by atoms with van der Waals surface area (Å²) < 4.78 is 47.0. The van der Waals surface area contributed by atoms with Crippen molar-refractivity contribution in [2.45, 2.75) is 58.5 Å². The van der Waals surface area contributed by atoms with Gasteiger partial charge in [0.05, 0.1) is 24.5 Å². The molecule has 3 saturated heterocycles. The fraction of sp³-hybridized carbons (Fsp3) is 0.500. The average Bonchev–Trinajstić information content (AvgIpc) is 3.76. The number of ether oxygens (including phenoxy) is 1. The molecule has 7 rings (SSSR count). The van der Waals surface area contributed by atoms with Gasteiger partial charge in [0, 0.05) is 53.9 Å². The Morgan fingerprint density at radius 2 is 1.98 bits per heavy atom. The smallest absolute Gasteiger partial charge is 0.365 e. The van der Waals surface area contributed by atoms with Gasteiger partial charge in [-0.25, -0.2) is 9.97 Å². The summed E-state index contributed by atoms with van der Waals surface area (Å²) in [5, 5.41) is 14.5. The van der Waals surface area contributed by atoms with E-state index >= 15 is 0 Å². The first-order valence-electron chi connectivity index (χ1n) is 15.2. The van der Waals surface area contributed by atoms with Crippen molar-refractivity contribution in [3.8, 4) is 6.07 Å². The van der Waals surface area contributed by atoms with E-state index in [4.69, 9.17) is 9.72 Å². The number of amides is 1. The number of nitrogens with one attached hydrogen (secondary N) is 1. The molecule has 1 amide bonds. The number of anilines is 1. The Hall–Kier alpha value is -3.73. The van der Waals surface area contributed by atoms with Gasteiger partial charge in [-0.2, -0.15) is 18.4 Å². The normalized spacial score (nSPS) is 22.6. The van der Waals surface area contributed by atoms with Crippen LogP contribution in [0.2, 0.25) is 0 Å². The molecule has 3 aromatic heterocycles. The number of likely N-dealkylation sites (tertiary alicyclic amines) is 1. The van der Waals surface area contributed by atoms with Gasteiger partial charge in [0.1, 0.15) is 34.8 Å². The van der Waals surface area contributed by atoms with Crippen LogP contribution in [0.4, 0.5) is 19.0 Å². The molecule has 1 spiro atoms. The molecule has 0 aliphatic carbocycles. The Bertz CT molecular complexity index is 1830. The zero-order valence-corrected chi connectivity index (χ0v) is 26.0. The molecule has 1 aromatic carbocycles. The predicted octanol–water partition coefficient (Wildman–Crippen LogP) is 4.86. The number of benzene rings is 1. The van der Waals surface area contributed by atoms with Gasteiger partial charge in [0.2, 0.25) is 5.91 Å². The number of alkyl halides is 3. The molecule has 0 radical (unpaired) electrons. The summed E-state index contributed by atoms with van der Waals surface area (Å²) in [4.78, 5) is 26.3. The van der Waals surface area contributed by atoms with Crippen LogP contribution in [0, 0.1) is 30.6 Å². The number of nitrogens with zero attached hydrogens (tertiary/aromatic N) is 6. The van der Waals surface area contributed by atoms with Crippen molar-refractivity contribution in [2.75, 3.05) is 44.2 Å². The molecule has 3 aliphatic heterocycles. The molecule has 13 heteroatoms. The van der Waals surface area contributed by atoms with Gasteiger partial charge in [-0.05, 0) is 62.6 Å². The second-order valence-corrected chi connectivity index (χ2v) is 13.8. The standard InChI is InChI=1S/C32H34F3N7O2S/c1-19-21(3-4-27-25(19)9-22(12-36)42(27)15-23-13-37-28(43)16-44-23)14-40-7-5-31(17-40)6-8-41(18-31)29-26-10-24(11-32(33,34)35)45-30(26)39-20(2)38-29/h3-4,9-10,23H,5-8,11,13-18H2,1-2H3,(H,37,43)/t23-,31?/m0/s1. The summed E-state index contributed by atoms with van der Waals surface area (Å²) in [6.07, 6.45) is -3.35. The van der Waals surface area contributed by atoms with E-state index in [0.717, 1.165) is 79.2 Å². The lowest BCUT2D eigenvalue weighted by molar-refractivity contribution is -0.133. The van der Waals surface area contributed by atoms with Crippen LogP contribution in [-0.2, 0) is 29.0 Å². The van der Waals surface area contributed by atoms with E-state index < -0.39 is 12.6 Å². The topological polar surface area (TPSA) is 99.3 Å². The van der Waals surface area contributed by atoms with E-state index in [1.807, 2.05) is 10.6 Å². The van der Waals surface area contributed by atoms with Gasteiger partial charge < -0.3 is 19.5 Å². The summed E-state index contributed by atoms with van der Waals surface area (Å²) in [7, 11) is 0. The minimum Gasteiger partial charge on any atom is -0.365 e. The van der Waals surface area contributed by atoms with Gasteiger partial charge >= 0.3 is 6.18 Å². The molecule has 9 nitrogen and oxygen atoms in total. The van der Waals surface area contributed by atoms with Gasteiger partial charge in [-0.3, -0.25) is 9.69 Å². The summed E-state index contributed by atoms with van der Waals surface area (Å²) >= 11 is 1.10. The Kier molecular flexibility index (Phi) is 7.49. The van der Waals surface area contributed by atoms with E-state index in [1.54, 1.807) is 13.0 Å². The first kappa shape index (κ1) is 30.0. The minimum absolute atomic E-state index is 0.0317. The second kappa shape index (κ2) is 11.3. The van der Waals surface area contributed by atoms with Crippen LogP contribution in [0.25, 0.3) is 21.1 Å². The lowest BCUT2D eigenvalue weighted by Crippen LogP contribution is -2.44. The van der Waals surface area contributed by atoms with Crippen LogP contribution in [0.3, 0.4) is 0 Å². The Morgan fingerprint density at radius 3 is 2.73 bits per heavy atom. The number of halogens is 3. The largest absolute Gasteiger partial charge is 0.393 e. The quantitative estimate of drug-likeness (QED) is 0.323. The highest BCUT2D eigenvalue weighted by molar-refractivity contribution is 7.18. The van der Waals surface area contributed by atoms with Crippen molar-refractivity contribution < 1.29 is 22.7 Å². The van der Waals surface area contributed by atoms with Gasteiger partial charge in [0.25, 0.3) is 0 Å². The predicted molar refractivity (Wildman–Crippen MR) is 165 cm³/mol. The molecular weight excluding hydrogens is 603 g/mol. The second-order valence-electron chi connectivity index (χ2n) is 12.7. The van der Waals surface area contributed by atoms with Gasteiger partial charge in [-0.1, -0.05) is 6.07 Å². The molecule has 236 valence electrons. The van der Waals surface area contributed by atoms with Crippen molar-refractivity contribution in [2.24, 2.45) is 5.41 Å². The first-order valence-corrected chi connectivity index (χ1v) is 16.0. The van der Waals surface area contributed by atoms with Crippen LogP contribution in [-0.4, -0.2) is 77.0 Å². The molecule has 1 unspecified atom stereocenters. The number of hydrogen-bond donors (Lipinski definition) is 1. The number of aryl methyl sites for hydroxylation is 2. The average molecular weight is 638 g/mol. The van der Waals surface area contributed by atoms with Crippen molar-refractivity contribution in [3.05, 3.63) is 51.8 Å². The number of carbonyl (C=O) groups is 1. The summed E-state index contributed by atoms with van der Waals surface area (Å²) in [6.45, 7) is 9.18. The molecule has 6 heterocycles. The number of morpholine rings is 1. The van der Waals surface area contributed by atoms with E-state index in [9.17, 15) is 23.2 Å². The Labute approximate surface area is 262 Å². The third-order valence-electron chi connectivity index (χ3n) is 9.50. The zero-order valence-electron chi connectivity index (χ0n) is 25.2. The Balaban J connectivity index is 1.06. The van der Waals surface area contributed by atoms with E-state index in [-0.39, 0.29) is 28.9 Å². The number of fused-ring (bicyclic) bond motifs is 2. The monoisotopic (exact) mass is 637 g/mol. The molecule has 4 aromatic rings. The van der Waals surface area contributed by atoms with E-state index in [0.29, 0.717) is 34.8 Å². The zero-order chi connectivity index (χ0) is 31.5. The highest BCUT2D eigenvalue weighted by Gasteiger charge is 2.44. The molecular formula is C32H34F3N7O2S. The van der Waals surface area contributed by atoms with Crippen LogP contribution in [0.1, 0.15) is 40.4 Å². The van der Waals surface area contributed by atoms with Crippen LogP contribution < -0.4 is 10.2 Å². The van der Waals surface area contributed by atoms with Gasteiger partial charge in [0.15, 0.2) is 0 Å². The fourth-order valence-corrected chi connectivity index (χ4v) is 8.37. The van der Waals surface area contributed by atoms with Crippen molar-refractivity contribution >= 4 is 44.2 Å². The molecule has 45 heavy (non-hydrogen) atoms. The lowest BCUT2D eigenvalue weighted by atomic mass is 9.86. The number of carbonyl (C=O) groups excluding carboxylic acids is 1. The van der Waals surface area contributed by atoms with Crippen molar-refractivity contribution in [3.63, 3.8) is 0 Å². The van der Waals surface area contributed by atoms with Crippen LogP contribution in [0.5, 0.6) is 0 Å². The molecule has 3 aliphatic rings. The molecule has 0 saturated carbocycles. The molecule has 0 bridgehead atoms. The third kappa shape index (κ3) is 5.87. The maximum Gasteiger partial charge on any atom is 0.393 e. The van der Waals surface area contributed by atoms with Crippen molar-refractivity contribution in [1.82, 2.24) is 24.8 Å². The maximum absolute atomic E-state index is 13.1. The first-order chi connectivity index (χ1) is 21.5. The number of aromatic nitrogens is 3. The van der Waals surface area contributed by atoms with Gasteiger partial charge in [-0.15, -0.1) is 11.3 Å². The highest BCUT2D eigenvalue weighted by atomic mass is 32.1. The SMILES string of the molecule is Cc1nc(N2CCC3(CCN(Cc4ccc5c(cc(C#N)n5C[C@@H]5CNC(=O)CO5)c4C)C3)C2)c2cc(CC(F)(F)F)sc2n1. The third-order valence-corrected chi connectivity index (χ3v) is 10.5. The summed E-state index contributed by atoms with van der Waals surface area (Å²) in [5.74, 6) is 1.20. The molecule has 1 N–H and O–H groups in total. The van der Waals surface area contributed by atoms with E-state index in [2.05, 4.69) is 45.2 Å². The van der Waals surface area contributed by atoms with Crippen LogP contribution in [0.15, 0.2) is 24.3 Å². The lowest BCUT2D eigenvalue weighted by Gasteiger charge is -2.26. The van der Waals surface area contributed by atoms with Crippen LogP contribution >= 0.6 is 11.3 Å². The summed E-state index contributed by atoms with van der Waals surface area (Å²) in [6, 6.07) is 10.1. The fourth-order valence-electron chi connectivity index (χ4n) is 7.27. The number of thiophene rings is 1. The number of hydrogen-bond acceptors (Lipinski definition) is 8. The maximum atomic E-state index is 13.1. The summed E-state index contributed by atoms with van der Waals surface area (Å²) in [5.41, 5.74) is 4.03. The number of nitriles is 1. The number of rotatable bonds is 6. The molecule has 2 atom stereocenters. The minimum atomic E-state index is -4.26. The Morgan fingerprint density at radius 1 is 1.16 bits per heavy atom. The highest BCUT2D eigenvalue weighted by Crippen LogP contribution is 2.44. The van der Waals surface area contributed by atoms with E-state index in [1.165, 1.54) is 5.56 Å².